The Morgan fingerprint density at radius 1 is 1.32 bits per heavy atom. The number of likely N-dealkylation sites (tertiary alicyclic amines) is 1. The van der Waals surface area contributed by atoms with Gasteiger partial charge >= 0.3 is 5.97 Å². The quantitative estimate of drug-likeness (QED) is 0.453. The zero-order valence-electron chi connectivity index (χ0n) is 16.6. The first kappa shape index (κ1) is 19.7. The third kappa shape index (κ3) is 4.24. The van der Waals surface area contributed by atoms with Gasteiger partial charge in [-0.05, 0) is 30.2 Å². The van der Waals surface area contributed by atoms with Crippen LogP contribution in [-0.2, 0) is 16.1 Å². The van der Waals surface area contributed by atoms with E-state index < -0.39 is 0 Å². The monoisotopic (exact) mass is 386 g/mol. The van der Waals surface area contributed by atoms with Crippen molar-refractivity contribution in [3.05, 3.63) is 30.1 Å². The van der Waals surface area contributed by atoms with Gasteiger partial charge in [0.25, 0.3) is 0 Å². The average molecular weight is 386 g/mol. The number of guanidine groups is 1. The smallest absolute Gasteiger partial charge is 0.310 e. The maximum Gasteiger partial charge on any atom is 0.310 e. The lowest BCUT2D eigenvalue weighted by molar-refractivity contribution is -0.145. The minimum Gasteiger partial charge on any atom is -0.497 e. The lowest BCUT2D eigenvalue weighted by Gasteiger charge is -2.21. The summed E-state index contributed by atoms with van der Waals surface area (Å²) in [6.45, 7) is 3.82. The number of nitrogens with one attached hydrogen (secondary N) is 2. The highest BCUT2D eigenvalue weighted by Gasteiger charge is 2.36. The molecule has 1 aliphatic heterocycles. The van der Waals surface area contributed by atoms with Gasteiger partial charge in [0.15, 0.2) is 11.8 Å². The first-order chi connectivity index (χ1) is 13.5. The molecule has 0 aliphatic carbocycles. The van der Waals surface area contributed by atoms with Gasteiger partial charge in [-0.2, -0.15) is 5.10 Å². The van der Waals surface area contributed by atoms with Crippen LogP contribution in [0.5, 0.6) is 5.75 Å². The summed E-state index contributed by atoms with van der Waals surface area (Å²) in [6, 6.07) is 7.57. The van der Waals surface area contributed by atoms with Crippen molar-refractivity contribution in [1.82, 2.24) is 25.4 Å². The number of aromatic nitrogens is 3. The standard InChI is InChI=1S/C19H26N6O3/c1-12-10-25(11-15(12)18(26)28-4)19(20-2)21-9-16-22-17(24-23-16)13-5-7-14(27-3)8-6-13/h5-8,12,15H,9-11H2,1-4H3,(H,20,21)(H,22,23,24). The highest BCUT2D eigenvalue weighted by Crippen LogP contribution is 2.24. The molecule has 3 rings (SSSR count). The lowest BCUT2D eigenvalue weighted by Crippen LogP contribution is -2.40. The SMILES string of the molecule is CN=C(NCc1nc(-c2ccc(OC)cc2)n[nH]1)N1CC(C)C(C(=O)OC)C1. The molecule has 150 valence electrons. The van der Waals surface area contributed by atoms with Gasteiger partial charge in [-0.1, -0.05) is 6.92 Å². The largest absolute Gasteiger partial charge is 0.497 e. The molecular formula is C19H26N6O3. The molecule has 2 aromatic rings. The van der Waals surface area contributed by atoms with Gasteiger partial charge in [0.1, 0.15) is 11.6 Å². The van der Waals surface area contributed by atoms with Crippen LogP contribution in [-0.4, -0.2) is 66.4 Å². The average Bonchev–Trinajstić information content (AvgIpc) is 3.35. The Morgan fingerprint density at radius 2 is 2.07 bits per heavy atom. The highest BCUT2D eigenvalue weighted by atomic mass is 16.5. The Kier molecular flexibility index (Phi) is 6.13. The summed E-state index contributed by atoms with van der Waals surface area (Å²) in [5.41, 5.74) is 0.905. The van der Waals surface area contributed by atoms with Gasteiger partial charge in [-0.25, -0.2) is 4.98 Å². The van der Waals surface area contributed by atoms with Crippen LogP contribution >= 0.6 is 0 Å². The first-order valence-electron chi connectivity index (χ1n) is 9.14. The van der Waals surface area contributed by atoms with Gasteiger partial charge in [0.05, 0.1) is 26.7 Å². The third-order valence-corrected chi connectivity index (χ3v) is 4.92. The third-order valence-electron chi connectivity index (χ3n) is 4.92. The van der Waals surface area contributed by atoms with Crippen LogP contribution in [0.25, 0.3) is 11.4 Å². The van der Waals surface area contributed by atoms with E-state index in [1.807, 2.05) is 31.2 Å². The summed E-state index contributed by atoms with van der Waals surface area (Å²) in [6.07, 6.45) is 0. The van der Waals surface area contributed by atoms with E-state index in [-0.39, 0.29) is 17.8 Å². The van der Waals surface area contributed by atoms with Crippen molar-refractivity contribution in [2.75, 3.05) is 34.4 Å². The van der Waals surface area contributed by atoms with Crippen LogP contribution in [0.4, 0.5) is 0 Å². The summed E-state index contributed by atoms with van der Waals surface area (Å²) in [5.74, 6) is 2.72. The second kappa shape index (κ2) is 8.73. The van der Waals surface area contributed by atoms with E-state index in [0.29, 0.717) is 24.7 Å². The van der Waals surface area contributed by atoms with Gasteiger partial charge in [-0.15, -0.1) is 0 Å². The van der Waals surface area contributed by atoms with Crippen LogP contribution in [0.3, 0.4) is 0 Å². The van der Waals surface area contributed by atoms with Crippen LogP contribution < -0.4 is 10.1 Å². The molecular weight excluding hydrogens is 360 g/mol. The Balaban J connectivity index is 1.60. The van der Waals surface area contributed by atoms with Crippen molar-refractivity contribution < 1.29 is 14.3 Å². The van der Waals surface area contributed by atoms with E-state index >= 15 is 0 Å². The number of carbonyl (C=O) groups is 1. The number of aliphatic imine (C=N–C) groups is 1. The van der Waals surface area contributed by atoms with E-state index in [1.54, 1.807) is 14.2 Å². The molecule has 0 bridgehead atoms. The lowest BCUT2D eigenvalue weighted by atomic mass is 9.99. The molecule has 0 radical (unpaired) electrons. The Hall–Kier alpha value is -3.10. The molecule has 1 saturated heterocycles. The van der Waals surface area contributed by atoms with Crippen molar-refractivity contribution in [1.29, 1.82) is 0 Å². The van der Waals surface area contributed by atoms with E-state index in [1.165, 1.54) is 7.11 Å². The normalized spacial score (nSPS) is 19.6. The molecule has 9 nitrogen and oxygen atoms in total. The molecule has 2 atom stereocenters. The minimum atomic E-state index is -0.176. The number of ether oxygens (including phenoxy) is 2. The van der Waals surface area contributed by atoms with Crippen LogP contribution in [0.1, 0.15) is 12.7 Å². The fourth-order valence-electron chi connectivity index (χ4n) is 3.34. The molecule has 0 spiro atoms. The van der Waals surface area contributed by atoms with Crippen molar-refractivity contribution in [3.8, 4) is 17.1 Å². The fraction of sp³-hybridized carbons (Fsp3) is 0.474. The molecule has 1 aliphatic rings. The number of nitrogens with zero attached hydrogens (tertiary/aromatic N) is 4. The maximum atomic E-state index is 11.9. The number of H-pyrrole nitrogens is 1. The van der Waals surface area contributed by atoms with Crippen LogP contribution in [0.15, 0.2) is 29.3 Å². The Bertz CT molecular complexity index is 832. The zero-order chi connectivity index (χ0) is 20.1. The second-order valence-corrected chi connectivity index (χ2v) is 6.75. The van der Waals surface area contributed by atoms with E-state index in [0.717, 1.165) is 23.8 Å². The first-order valence-corrected chi connectivity index (χ1v) is 9.14. The number of rotatable bonds is 5. The molecule has 2 N–H and O–H groups in total. The molecule has 2 unspecified atom stereocenters. The van der Waals surface area contributed by atoms with Gasteiger partial charge in [0, 0.05) is 25.7 Å². The summed E-state index contributed by atoms with van der Waals surface area (Å²) >= 11 is 0. The Labute approximate surface area is 164 Å². The predicted molar refractivity (Wildman–Crippen MR) is 105 cm³/mol. The summed E-state index contributed by atoms with van der Waals surface area (Å²) in [5, 5.41) is 10.5. The van der Waals surface area contributed by atoms with E-state index in [4.69, 9.17) is 9.47 Å². The molecule has 1 aromatic heterocycles. The maximum absolute atomic E-state index is 11.9. The van der Waals surface area contributed by atoms with Crippen LogP contribution in [0, 0.1) is 11.8 Å². The van der Waals surface area contributed by atoms with Crippen LogP contribution in [0.2, 0.25) is 0 Å². The molecule has 1 fully saturated rings. The number of methoxy groups -OCH3 is 2. The topological polar surface area (TPSA) is 105 Å². The van der Waals surface area contributed by atoms with Gasteiger partial charge in [-0.3, -0.25) is 14.9 Å². The van der Waals surface area contributed by atoms with Crippen molar-refractivity contribution >= 4 is 11.9 Å². The fourth-order valence-corrected chi connectivity index (χ4v) is 3.34. The second-order valence-electron chi connectivity index (χ2n) is 6.75. The summed E-state index contributed by atoms with van der Waals surface area (Å²) < 4.78 is 10.1. The number of carbonyl (C=O) groups excluding carboxylic acids is 1. The predicted octanol–water partition coefficient (Wildman–Crippen LogP) is 1.30. The molecule has 9 heteroatoms. The number of esters is 1. The number of aromatic amines is 1. The summed E-state index contributed by atoms with van der Waals surface area (Å²) in [7, 11) is 4.78. The number of benzene rings is 1. The van der Waals surface area contributed by atoms with Crippen molar-refractivity contribution in [2.24, 2.45) is 16.8 Å². The highest BCUT2D eigenvalue weighted by molar-refractivity contribution is 5.82. The van der Waals surface area contributed by atoms with Gasteiger partial charge in [0.2, 0.25) is 0 Å². The van der Waals surface area contributed by atoms with Crippen molar-refractivity contribution in [3.63, 3.8) is 0 Å². The van der Waals surface area contributed by atoms with E-state index in [2.05, 4.69) is 30.4 Å². The summed E-state index contributed by atoms with van der Waals surface area (Å²) in [4.78, 5) is 22.8. The van der Waals surface area contributed by atoms with E-state index in [9.17, 15) is 4.79 Å². The number of hydrogen-bond donors (Lipinski definition) is 2. The zero-order valence-corrected chi connectivity index (χ0v) is 16.6. The molecule has 0 saturated carbocycles. The molecule has 1 aromatic carbocycles. The number of hydrogen-bond acceptors (Lipinski definition) is 6. The molecule has 28 heavy (non-hydrogen) atoms. The Morgan fingerprint density at radius 3 is 2.71 bits per heavy atom. The minimum absolute atomic E-state index is 0.143. The van der Waals surface area contributed by atoms with Gasteiger partial charge < -0.3 is 19.7 Å². The molecule has 0 amide bonds. The molecule has 2 heterocycles. The van der Waals surface area contributed by atoms with Crippen molar-refractivity contribution in [2.45, 2.75) is 13.5 Å².